The van der Waals surface area contributed by atoms with Crippen LogP contribution in [0.15, 0.2) is 4.52 Å². The van der Waals surface area contributed by atoms with Gasteiger partial charge in [0.05, 0.1) is 11.4 Å². The summed E-state index contributed by atoms with van der Waals surface area (Å²) >= 11 is 1.41. The number of carbonyl (C=O) groups excluding carboxylic acids is 3. The molecule has 1 aromatic heterocycles. The summed E-state index contributed by atoms with van der Waals surface area (Å²) in [7, 11) is 0. The van der Waals surface area contributed by atoms with E-state index in [4.69, 9.17) is 4.52 Å². The van der Waals surface area contributed by atoms with Crippen LogP contribution in [0.1, 0.15) is 23.9 Å². The number of aryl methyl sites for hydroxylation is 2. The first-order valence-electron chi connectivity index (χ1n) is 6.52. The van der Waals surface area contributed by atoms with Gasteiger partial charge in [-0.1, -0.05) is 5.16 Å². The van der Waals surface area contributed by atoms with Crippen LogP contribution in [-0.2, 0) is 20.1 Å². The maximum atomic E-state index is 12.1. The number of amides is 3. The molecule has 0 aromatic carbocycles. The summed E-state index contributed by atoms with van der Waals surface area (Å²) in [5, 5.41) is 6.06. The maximum absolute atomic E-state index is 12.1. The number of hydrogen-bond donors (Lipinski definition) is 1. The van der Waals surface area contributed by atoms with E-state index in [9.17, 15) is 14.4 Å². The van der Waals surface area contributed by atoms with Gasteiger partial charge in [0.1, 0.15) is 18.3 Å². The second-order valence-electron chi connectivity index (χ2n) is 4.91. The summed E-state index contributed by atoms with van der Waals surface area (Å²) in [6.07, 6.45) is 0. The monoisotopic (exact) mass is 311 g/mol. The fourth-order valence-corrected chi connectivity index (χ4v) is 3.11. The van der Waals surface area contributed by atoms with Gasteiger partial charge in [-0.25, -0.2) is 0 Å². The summed E-state index contributed by atoms with van der Waals surface area (Å²) in [5.41, 5.74) is 1.79. The lowest BCUT2D eigenvalue weighted by Gasteiger charge is -2.31. The van der Waals surface area contributed by atoms with Crippen LogP contribution < -0.4 is 5.32 Å². The number of carbonyl (C=O) groups is 3. The molecule has 1 atom stereocenters. The van der Waals surface area contributed by atoms with Gasteiger partial charge in [0.25, 0.3) is 0 Å². The molecular weight excluding hydrogens is 294 g/mol. The van der Waals surface area contributed by atoms with E-state index in [1.807, 2.05) is 13.8 Å². The molecule has 7 nitrogen and oxygen atoms in total. The van der Waals surface area contributed by atoms with Crippen LogP contribution in [0.4, 0.5) is 0 Å². The minimum Gasteiger partial charge on any atom is -0.361 e. The molecule has 1 aliphatic heterocycles. The second kappa shape index (κ2) is 6.30. The van der Waals surface area contributed by atoms with Gasteiger partial charge in [0, 0.05) is 11.3 Å². The zero-order valence-corrected chi connectivity index (χ0v) is 13.0. The van der Waals surface area contributed by atoms with E-state index in [0.29, 0.717) is 5.75 Å². The highest BCUT2D eigenvalue weighted by Crippen LogP contribution is 2.20. The van der Waals surface area contributed by atoms with Crippen molar-refractivity contribution in [1.82, 2.24) is 15.4 Å². The Kier molecular flexibility index (Phi) is 4.66. The Labute approximate surface area is 126 Å². The average molecular weight is 311 g/mol. The van der Waals surface area contributed by atoms with Crippen LogP contribution in [0, 0.1) is 13.8 Å². The number of hydrogen-bond acceptors (Lipinski definition) is 6. The van der Waals surface area contributed by atoms with Crippen molar-refractivity contribution < 1.29 is 18.9 Å². The molecule has 8 heteroatoms. The van der Waals surface area contributed by atoms with Crippen molar-refractivity contribution in [2.75, 3.05) is 12.3 Å². The topological polar surface area (TPSA) is 92.5 Å². The van der Waals surface area contributed by atoms with E-state index < -0.39 is 17.9 Å². The fourth-order valence-electron chi connectivity index (χ4n) is 2.05. The van der Waals surface area contributed by atoms with Gasteiger partial charge < -0.3 is 9.42 Å². The summed E-state index contributed by atoms with van der Waals surface area (Å²) < 4.78 is 5.06. The Balaban J connectivity index is 1.90. The van der Waals surface area contributed by atoms with Gasteiger partial charge in [-0.05, 0) is 20.8 Å². The molecule has 1 unspecified atom stereocenters. The van der Waals surface area contributed by atoms with Crippen LogP contribution in [0.2, 0.25) is 0 Å². The van der Waals surface area contributed by atoms with Crippen molar-refractivity contribution in [2.24, 2.45) is 0 Å². The molecule has 1 fully saturated rings. The molecular formula is C13H17N3O4S. The molecule has 1 saturated heterocycles. The summed E-state index contributed by atoms with van der Waals surface area (Å²) in [6.45, 7) is 5.22. The highest BCUT2D eigenvalue weighted by Gasteiger charge is 2.33. The van der Waals surface area contributed by atoms with Gasteiger partial charge in [0.15, 0.2) is 0 Å². The predicted molar refractivity (Wildman–Crippen MR) is 76.5 cm³/mol. The third-order valence-electron chi connectivity index (χ3n) is 3.40. The van der Waals surface area contributed by atoms with E-state index in [1.54, 1.807) is 6.92 Å². The summed E-state index contributed by atoms with van der Waals surface area (Å²) in [6, 6.07) is -0.616. The van der Waals surface area contributed by atoms with Gasteiger partial charge in [-0.3, -0.25) is 19.7 Å². The molecule has 21 heavy (non-hydrogen) atoms. The quantitative estimate of drug-likeness (QED) is 0.809. The number of nitrogens with zero attached hydrogens (tertiary/aromatic N) is 2. The fraction of sp³-hybridized carbons (Fsp3) is 0.538. The SMILES string of the molecule is Cc1noc(C)c1CSCC(=O)N1CC(=O)NC(=O)C1C. The van der Waals surface area contributed by atoms with E-state index in [-0.39, 0.29) is 18.2 Å². The first-order valence-corrected chi connectivity index (χ1v) is 7.68. The summed E-state index contributed by atoms with van der Waals surface area (Å²) in [4.78, 5) is 36.3. The normalized spacial score (nSPS) is 18.8. The lowest BCUT2D eigenvalue weighted by molar-refractivity contribution is -0.148. The van der Waals surface area contributed by atoms with Crippen molar-refractivity contribution in [1.29, 1.82) is 0 Å². The van der Waals surface area contributed by atoms with Crippen LogP contribution >= 0.6 is 11.8 Å². The largest absolute Gasteiger partial charge is 0.361 e. The van der Waals surface area contributed by atoms with Crippen LogP contribution in [-0.4, -0.2) is 46.1 Å². The standard InChI is InChI=1S/C13H17N3O4S/c1-7-10(9(3)20-15-7)5-21-6-12(18)16-4-11(17)14-13(19)8(16)2/h8H,4-6H2,1-3H3,(H,14,17,19). The Bertz CT molecular complexity index is 564. The molecule has 3 amide bonds. The number of imide groups is 1. The van der Waals surface area contributed by atoms with Gasteiger partial charge in [-0.2, -0.15) is 0 Å². The van der Waals surface area contributed by atoms with Crippen molar-refractivity contribution in [3.8, 4) is 0 Å². The molecule has 114 valence electrons. The molecule has 0 radical (unpaired) electrons. The summed E-state index contributed by atoms with van der Waals surface area (Å²) in [5.74, 6) is 0.456. The molecule has 2 heterocycles. The third kappa shape index (κ3) is 3.44. The van der Waals surface area contributed by atoms with E-state index >= 15 is 0 Å². The Morgan fingerprint density at radius 2 is 2.19 bits per heavy atom. The van der Waals surface area contributed by atoms with Crippen LogP contribution in [0.5, 0.6) is 0 Å². The van der Waals surface area contributed by atoms with E-state index in [2.05, 4.69) is 10.5 Å². The highest BCUT2D eigenvalue weighted by molar-refractivity contribution is 7.99. The molecule has 0 aliphatic carbocycles. The molecule has 1 N–H and O–H groups in total. The van der Waals surface area contributed by atoms with Crippen molar-refractivity contribution in [2.45, 2.75) is 32.6 Å². The number of thioether (sulfide) groups is 1. The minimum atomic E-state index is -0.616. The zero-order valence-electron chi connectivity index (χ0n) is 12.1. The lowest BCUT2D eigenvalue weighted by Crippen LogP contribution is -2.59. The predicted octanol–water partition coefficient (Wildman–Crippen LogP) is 0.398. The van der Waals surface area contributed by atoms with Crippen molar-refractivity contribution in [3.63, 3.8) is 0 Å². The van der Waals surface area contributed by atoms with E-state index in [1.165, 1.54) is 16.7 Å². The highest BCUT2D eigenvalue weighted by atomic mass is 32.2. The number of piperazine rings is 1. The second-order valence-corrected chi connectivity index (χ2v) is 5.89. The molecule has 1 aliphatic rings. The lowest BCUT2D eigenvalue weighted by atomic mass is 10.2. The van der Waals surface area contributed by atoms with Gasteiger partial charge in [-0.15, -0.1) is 11.8 Å². The Morgan fingerprint density at radius 3 is 2.81 bits per heavy atom. The molecule has 0 spiro atoms. The number of aromatic nitrogens is 1. The van der Waals surface area contributed by atoms with Crippen molar-refractivity contribution in [3.05, 3.63) is 17.0 Å². The Hall–Kier alpha value is -1.83. The minimum absolute atomic E-state index is 0.0718. The van der Waals surface area contributed by atoms with Crippen LogP contribution in [0.25, 0.3) is 0 Å². The first kappa shape index (κ1) is 15.6. The molecule has 0 saturated carbocycles. The zero-order chi connectivity index (χ0) is 15.6. The average Bonchev–Trinajstić information content (AvgIpc) is 2.74. The first-order chi connectivity index (χ1) is 9.90. The van der Waals surface area contributed by atoms with Crippen molar-refractivity contribution >= 4 is 29.5 Å². The maximum Gasteiger partial charge on any atom is 0.249 e. The smallest absolute Gasteiger partial charge is 0.249 e. The molecule has 0 bridgehead atoms. The number of nitrogens with one attached hydrogen (secondary N) is 1. The van der Waals surface area contributed by atoms with E-state index in [0.717, 1.165) is 17.0 Å². The molecule has 2 rings (SSSR count). The van der Waals surface area contributed by atoms with Crippen LogP contribution in [0.3, 0.4) is 0 Å². The van der Waals surface area contributed by atoms with Gasteiger partial charge >= 0.3 is 0 Å². The van der Waals surface area contributed by atoms with Gasteiger partial charge in [0.2, 0.25) is 17.7 Å². The number of rotatable bonds is 4. The third-order valence-corrected chi connectivity index (χ3v) is 4.34. The molecule has 1 aromatic rings. The Morgan fingerprint density at radius 1 is 1.48 bits per heavy atom.